The first-order valence-electron chi connectivity index (χ1n) is 8.80. The zero-order valence-corrected chi connectivity index (χ0v) is 16.5. The summed E-state index contributed by atoms with van der Waals surface area (Å²) in [6.45, 7) is 2.49. The van der Waals surface area contributed by atoms with Gasteiger partial charge in [0, 0.05) is 37.4 Å². The molecule has 0 aliphatic carbocycles. The third-order valence-electron chi connectivity index (χ3n) is 4.33. The SMILES string of the molecule is CC(=O)N(C)Cc1cccc(NC(=O)c2cnn(Cc3ccccc3Cl)c2)c1. The van der Waals surface area contributed by atoms with E-state index in [0.29, 0.717) is 29.4 Å². The highest BCUT2D eigenvalue weighted by Crippen LogP contribution is 2.17. The van der Waals surface area contributed by atoms with Crippen molar-refractivity contribution >= 4 is 29.1 Å². The maximum atomic E-state index is 12.5. The normalized spacial score (nSPS) is 10.5. The number of carbonyl (C=O) groups excluding carboxylic acids is 2. The second kappa shape index (κ2) is 8.71. The number of benzene rings is 2. The first kappa shape index (κ1) is 19.6. The van der Waals surface area contributed by atoms with Crippen LogP contribution in [0.1, 0.15) is 28.4 Å². The monoisotopic (exact) mass is 396 g/mol. The lowest BCUT2D eigenvalue weighted by atomic mass is 10.2. The standard InChI is InChI=1S/C21H21ClN4O2/c1-15(27)25(2)12-16-6-5-8-19(10-16)24-21(28)18-11-23-26(14-18)13-17-7-3-4-9-20(17)22/h3-11,14H,12-13H2,1-2H3,(H,24,28). The average Bonchev–Trinajstić information content (AvgIpc) is 3.12. The first-order valence-corrected chi connectivity index (χ1v) is 9.18. The number of carbonyl (C=O) groups is 2. The summed E-state index contributed by atoms with van der Waals surface area (Å²) >= 11 is 6.18. The number of halogens is 1. The molecule has 1 N–H and O–H groups in total. The van der Waals surface area contributed by atoms with Gasteiger partial charge in [0.05, 0.1) is 18.3 Å². The summed E-state index contributed by atoms with van der Waals surface area (Å²) in [5.41, 5.74) is 2.99. The summed E-state index contributed by atoms with van der Waals surface area (Å²) in [4.78, 5) is 25.5. The number of aromatic nitrogens is 2. The fraction of sp³-hybridized carbons (Fsp3) is 0.190. The van der Waals surface area contributed by atoms with Crippen LogP contribution < -0.4 is 5.32 Å². The Morgan fingerprint density at radius 2 is 1.96 bits per heavy atom. The number of nitrogens with zero attached hydrogens (tertiary/aromatic N) is 3. The Morgan fingerprint density at radius 3 is 2.71 bits per heavy atom. The van der Waals surface area contributed by atoms with E-state index in [0.717, 1.165) is 11.1 Å². The summed E-state index contributed by atoms with van der Waals surface area (Å²) in [6.07, 6.45) is 3.21. The van der Waals surface area contributed by atoms with Crippen molar-refractivity contribution in [2.75, 3.05) is 12.4 Å². The zero-order valence-electron chi connectivity index (χ0n) is 15.7. The molecule has 6 nitrogen and oxygen atoms in total. The van der Waals surface area contributed by atoms with Crippen LogP contribution >= 0.6 is 11.6 Å². The molecule has 0 aliphatic heterocycles. The lowest BCUT2D eigenvalue weighted by molar-refractivity contribution is -0.128. The highest BCUT2D eigenvalue weighted by molar-refractivity contribution is 6.31. The Balaban J connectivity index is 1.66. The first-order chi connectivity index (χ1) is 13.4. The van der Waals surface area contributed by atoms with Gasteiger partial charge in [0.15, 0.2) is 0 Å². The number of rotatable bonds is 6. The molecule has 3 rings (SSSR count). The summed E-state index contributed by atoms with van der Waals surface area (Å²) in [6, 6.07) is 15.0. The van der Waals surface area contributed by atoms with E-state index in [4.69, 9.17) is 11.6 Å². The van der Waals surface area contributed by atoms with Gasteiger partial charge in [-0.1, -0.05) is 41.9 Å². The predicted molar refractivity (Wildman–Crippen MR) is 109 cm³/mol. The van der Waals surface area contributed by atoms with Crippen LogP contribution in [0.15, 0.2) is 60.9 Å². The summed E-state index contributed by atoms with van der Waals surface area (Å²) in [5.74, 6) is -0.261. The number of anilines is 1. The molecule has 1 heterocycles. The van der Waals surface area contributed by atoms with Crippen molar-refractivity contribution in [1.29, 1.82) is 0 Å². The molecule has 3 aromatic rings. The second-order valence-electron chi connectivity index (χ2n) is 6.55. The van der Waals surface area contributed by atoms with Gasteiger partial charge < -0.3 is 10.2 Å². The van der Waals surface area contributed by atoms with Gasteiger partial charge in [0.25, 0.3) is 5.91 Å². The fourth-order valence-electron chi connectivity index (χ4n) is 2.70. The number of hydrogen-bond donors (Lipinski definition) is 1. The molecule has 28 heavy (non-hydrogen) atoms. The molecule has 2 amide bonds. The summed E-state index contributed by atoms with van der Waals surface area (Å²) in [5, 5.41) is 7.78. The van der Waals surface area contributed by atoms with E-state index in [1.54, 1.807) is 22.8 Å². The van der Waals surface area contributed by atoms with E-state index in [2.05, 4.69) is 10.4 Å². The molecule has 0 bridgehead atoms. The highest BCUT2D eigenvalue weighted by atomic mass is 35.5. The molecule has 0 spiro atoms. The van der Waals surface area contributed by atoms with Crippen LogP contribution in [0.5, 0.6) is 0 Å². The van der Waals surface area contributed by atoms with E-state index < -0.39 is 0 Å². The van der Waals surface area contributed by atoms with E-state index in [-0.39, 0.29) is 11.8 Å². The molecule has 144 valence electrons. The Morgan fingerprint density at radius 1 is 1.18 bits per heavy atom. The minimum atomic E-state index is -0.248. The van der Waals surface area contributed by atoms with Crippen molar-refractivity contribution in [2.24, 2.45) is 0 Å². The third kappa shape index (κ3) is 4.98. The van der Waals surface area contributed by atoms with Gasteiger partial charge in [-0.3, -0.25) is 14.3 Å². The quantitative estimate of drug-likeness (QED) is 0.688. The molecule has 0 atom stereocenters. The van der Waals surface area contributed by atoms with Gasteiger partial charge in [-0.25, -0.2) is 0 Å². The topological polar surface area (TPSA) is 67.2 Å². The number of hydrogen-bond acceptors (Lipinski definition) is 3. The van der Waals surface area contributed by atoms with Crippen LogP contribution in [0, 0.1) is 0 Å². The Hall–Kier alpha value is -3.12. The maximum absolute atomic E-state index is 12.5. The molecule has 7 heteroatoms. The zero-order chi connectivity index (χ0) is 20.1. The molecular formula is C21H21ClN4O2. The van der Waals surface area contributed by atoms with E-state index in [1.807, 2.05) is 48.5 Å². The second-order valence-corrected chi connectivity index (χ2v) is 6.95. The van der Waals surface area contributed by atoms with Crippen LogP contribution in [0.4, 0.5) is 5.69 Å². The van der Waals surface area contributed by atoms with E-state index in [9.17, 15) is 9.59 Å². The lowest BCUT2D eigenvalue weighted by Gasteiger charge is -2.15. The smallest absolute Gasteiger partial charge is 0.258 e. The minimum absolute atomic E-state index is 0.0135. The predicted octanol–water partition coefficient (Wildman–Crippen LogP) is 3.82. The molecule has 0 radical (unpaired) electrons. The van der Waals surface area contributed by atoms with Crippen molar-refractivity contribution in [3.63, 3.8) is 0 Å². The van der Waals surface area contributed by atoms with Crippen molar-refractivity contribution in [3.8, 4) is 0 Å². The minimum Gasteiger partial charge on any atom is -0.342 e. The maximum Gasteiger partial charge on any atom is 0.258 e. The molecule has 2 aromatic carbocycles. The van der Waals surface area contributed by atoms with E-state index in [1.165, 1.54) is 13.1 Å². The van der Waals surface area contributed by atoms with Gasteiger partial charge in [-0.15, -0.1) is 0 Å². The largest absolute Gasteiger partial charge is 0.342 e. The van der Waals surface area contributed by atoms with Gasteiger partial charge in [0.2, 0.25) is 5.91 Å². The molecule has 1 aromatic heterocycles. The summed E-state index contributed by atoms with van der Waals surface area (Å²) in [7, 11) is 1.74. The number of nitrogens with one attached hydrogen (secondary N) is 1. The van der Waals surface area contributed by atoms with Gasteiger partial charge in [0.1, 0.15) is 0 Å². The van der Waals surface area contributed by atoms with Crippen LogP contribution in [-0.2, 0) is 17.9 Å². The average molecular weight is 397 g/mol. The Kier molecular flexibility index (Phi) is 6.11. The van der Waals surface area contributed by atoms with Gasteiger partial charge in [-0.05, 0) is 29.3 Å². The van der Waals surface area contributed by atoms with Crippen LogP contribution in [0.3, 0.4) is 0 Å². The molecule has 0 saturated carbocycles. The Labute approximate surface area is 168 Å². The lowest BCUT2D eigenvalue weighted by Crippen LogP contribution is -2.23. The molecule has 0 aliphatic rings. The van der Waals surface area contributed by atoms with Crippen molar-refractivity contribution in [2.45, 2.75) is 20.0 Å². The molecule has 0 fully saturated rings. The fourth-order valence-corrected chi connectivity index (χ4v) is 2.90. The van der Waals surface area contributed by atoms with Crippen molar-refractivity contribution < 1.29 is 9.59 Å². The van der Waals surface area contributed by atoms with E-state index >= 15 is 0 Å². The van der Waals surface area contributed by atoms with Crippen molar-refractivity contribution in [1.82, 2.24) is 14.7 Å². The summed E-state index contributed by atoms with van der Waals surface area (Å²) < 4.78 is 1.67. The molecule has 0 saturated heterocycles. The molecular weight excluding hydrogens is 376 g/mol. The Bertz CT molecular complexity index is 999. The van der Waals surface area contributed by atoms with Crippen LogP contribution in [0.25, 0.3) is 0 Å². The van der Waals surface area contributed by atoms with Crippen molar-refractivity contribution in [3.05, 3.63) is 82.6 Å². The highest BCUT2D eigenvalue weighted by Gasteiger charge is 2.11. The van der Waals surface area contributed by atoms with Gasteiger partial charge >= 0.3 is 0 Å². The van der Waals surface area contributed by atoms with Crippen LogP contribution in [0.2, 0.25) is 5.02 Å². The number of amides is 2. The molecule has 0 unspecified atom stereocenters. The third-order valence-corrected chi connectivity index (χ3v) is 4.70. The van der Waals surface area contributed by atoms with Gasteiger partial charge in [-0.2, -0.15) is 5.10 Å². The van der Waals surface area contributed by atoms with Crippen LogP contribution in [-0.4, -0.2) is 33.5 Å².